The zero-order valence-electron chi connectivity index (χ0n) is 7.73. The Hall–Kier alpha value is -1.33. The maximum Gasteiger partial charge on any atom is 0.0717 e. The third-order valence-electron chi connectivity index (χ3n) is 1.70. The highest BCUT2D eigenvalue weighted by Crippen LogP contribution is 2.02. The molecule has 1 aromatic rings. The topological polar surface area (TPSA) is 33.0 Å². The van der Waals surface area contributed by atoms with E-state index in [9.17, 15) is 0 Å². The van der Waals surface area contributed by atoms with Crippen LogP contribution in [0.5, 0.6) is 0 Å². The van der Waals surface area contributed by atoms with Gasteiger partial charge in [0, 0.05) is 0 Å². The summed E-state index contributed by atoms with van der Waals surface area (Å²) >= 11 is 0. The van der Waals surface area contributed by atoms with Crippen molar-refractivity contribution >= 4 is 0 Å². The van der Waals surface area contributed by atoms with E-state index in [4.69, 9.17) is 10.00 Å². The van der Waals surface area contributed by atoms with Crippen molar-refractivity contribution in [2.75, 3.05) is 6.61 Å². The summed E-state index contributed by atoms with van der Waals surface area (Å²) in [5, 5.41) is 8.50. The summed E-state index contributed by atoms with van der Waals surface area (Å²) in [4.78, 5) is 0. The molecule has 1 atom stereocenters. The van der Waals surface area contributed by atoms with Gasteiger partial charge < -0.3 is 4.74 Å². The molecule has 0 spiro atoms. The molecule has 0 bridgehead atoms. The molecule has 0 fully saturated rings. The molecular weight excluding hydrogens is 162 g/mol. The molecule has 0 radical (unpaired) electrons. The maximum absolute atomic E-state index is 8.50. The van der Waals surface area contributed by atoms with Gasteiger partial charge in [-0.15, -0.1) is 0 Å². The average molecular weight is 175 g/mol. The Balaban J connectivity index is 2.25. The first kappa shape index (κ1) is 9.76. The third-order valence-corrected chi connectivity index (χ3v) is 1.70. The van der Waals surface area contributed by atoms with Gasteiger partial charge in [-0.25, -0.2) is 0 Å². The Morgan fingerprint density at radius 1 is 1.38 bits per heavy atom. The van der Waals surface area contributed by atoms with Crippen LogP contribution >= 0.6 is 0 Å². The molecule has 0 aromatic heterocycles. The minimum Gasteiger partial charge on any atom is -0.375 e. The highest BCUT2D eigenvalue weighted by Gasteiger charge is 1.98. The lowest BCUT2D eigenvalue weighted by molar-refractivity contribution is 0.105. The zero-order valence-corrected chi connectivity index (χ0v) is 7.73. The van der Waals surface area contributed by atoms with Crippen molar-refractivity contribution in [2.45, 2.75) is 13.5 Å². The Morgan fingerprint density at radius 2 is 2.08 bits per heavy atom. The summed E-state index contributed by atoms with van der Waals surface area (Å²) in [6.45, 7) is 2.95. The van der Waals surface area contributed by atoms with Gasteiger partial charge in [-0.3, -0.25) is 0 Å². The van der Waals surface area contributed by atoms with Gasteiger partial charge in [-0.1, -0.05) is 30.3 Å². The molecule has 1 aromatic carbocycles. The van der Waals surface area contributed by atoms with Crippen LogP contribution in [0.1, 0.15) is 12.5 Å². The van der Waals surface area contributed by atoms with Crippen LogP contribution in [0.2, 0.25) is 0 Å². The van der Waals surface area contributed by atoms with E-state index in [-0.39, 0.29) is 5.92 Å². The quantitative estimate of drug-likeness (QED) is 0.703. The fraction of sp³-hybridized carbons (Fsp3) is 0.364. The maximum atomic E-state index is 8.50. The van der Waals surface area contributed by atoms with Gasteiger partial charge in [0.15, 0.2) is 0 Å². The number of benzene rings is 1. The molecular formula is C11H13NO. The lowest BCUT2D eigenvalue weighted by Crippen LogP contribution is -2.03. The summed E-state index contributed by atoms with van der Waals surface area (Å²) in [6.07, 6.45) is 0. The van der Waals surface area contributed by atoms with Gasteiger partial charge in [0.1, 0.15) is 0 Å². The molecule has 68 valence electrons. The Labute approximate surface area is 78.8 Å². The van der Waals surface area contributed by atoms with Crippen molar-refractivity contribution in [3.8, 4) is 6.07 Å². The van der Waals surface area contributed by atoms with Crippen molar-refractivity contribution in [3.63, 3.8) is 0 Å². The summed E-state index contributed by atoms with van der Waals surface area (Å²) in [5.41, 5.74) is 1.15. The van der Waals surface area contributed by atoms with E-state index in [0.717, 1.165) is 5.56 Å². The molecule has 2 heteroatoms. The van der Waals surface area contributed by atoms with Gasteiger partial charge in [-0.2, -0.15) is 5.26 Å². The minimum atomic E-state index is -0.0243. The predicted molar refractivity (Wildman–Crippen MR) is 50.9 cm³/mol. The minimum absolute atomic E-state index is 0.0243. The van der Waals surface area contributed by atoms with Crippen LogP contribution in [0.25, 0.3) is 0 Å². The SMILES string of the molecule is CC(C#N)COCc1ccccc1. The zero-order chi connectivity index (χ0) is 9.52. The van der Waals surface area contributed by atoms with Crippen LogP contribution in [-0.4, -0.2) is 6.61 Å². The first-order valence-corrected chi connectivity index (χ1v) is 4.34. The first-order valence-electron chi connectivity index (χ1n) is 4.34. The van der Waals surface area contributed by atoms with Crippen molar-refractivity contribution in [3.05, 3.63) is 35.9 Å². The van der Waals surface area contributed by atoms with Gasteiger partial charge >= 0.3 is 0 Å². The Kier molecular flexibility index (Phi) is 4.01. The monoisotopic (exact) mass is 175 g/mol. The van der Waals surface area contributed by atoms with E-state index in [1.54, 1.807) is 0 Å². The number of rotatable bonds is 4. The number of nitrogens with zero attached hydrogens (tertiary/aromatic N) is 1. The molecule has 0 N–H and O–H groups in total. The molecule has 0 heterocycles. The Bertz CT molecular complexity index is 276. The molecule has 0 amide bonds. The highest BCUT2D eigenvalue weighted by atomic mass is 16.5. The molecule has 13 heavy (non-hydrogen) atoms. The number of nitriles is 1. The molecule has 0 aliphatic carbocycles. The molecule has 0 aliphatic heterocycles. The lowest BCUT2D eigenvalue weighted by atomic mass is 10.2. The van der Waals surface area contributed by atoms with Gasteiger partial charge in [0.2, 0.25) is 0 Å². The van der Waals surface area contributed by atoms with Crippen LogP contribution in [0.15, 0.2) is 30.3 Å². The normalized spacial score (nSPS) is 12.0. The fourth-order valence-electron chi connectivity index (χ4n) is 0.965. The van der Waals surface area contributed by atoms with Crippen molar-refractivity contribution in [1.29, 1.82) is 5.26 Å². The summed E-state index contributed by atoms with van der Waals surface area (Å²) in [7, 11) is 0. The second-order valence-corrected chi connectivity index (χ2v) is 3.03. The van der Waals surface area contributed by atoms with Crippen LogP contribution < -0.4 is 0 Å². The number of hydrogen-bond donors (Lipinski definition) is 0. The van der Waals surface area contributed by atoms with Crippen molar-refractivity contribution in [2.24, 2.45) is 5.92 Å². The van der Waals surface area contributed by atoms with E-state index in [1.807, 2.05) is 37.3 Å². The van der Waals surface area contributed by atoms with E-state index in [2.05, 4.69) is 6.07 Å². The first-order chi connectivity index (χ1) is 6.33. The van der Waals surface area contributed by atoms with E-state index in [0.29, 0.717) is 13.2 Å². The average Bonchev–Trinajstić information content (AvgIpc) is 2.19. The van der Waals surface area contributed by atoms with Crippen LogP contribution in [0.4, 0.5) is 0 Å². The molecule has 1 rings (SSSR count). The largest absolute Gasteiger partial charge is 0.375 e. The Morgan fingerprint density at radius 3 is 2.69 bits per heavy atom. The smallest absolute Gasteiger partial charge is 0.0717 e. The van der Waals surface area contributed by atoms with Crippen LogP contribution in [0, 0.1) is 17.2 Å². The summed E-state index contributed by atoms with van der Waals surface area (Å²) in [5.74, 6) is -0.0243. The van der Waals surface area contributed by atoms with E-state index >= 15 is 0 Å². The van der Waals surface area contributed by atoms with E-state index in [1.165, 1.54) is 0 Å². The summed E-state index contributed by atoms with van der Waals surface area (Å²) < 4.78 is 5.35. The van der Waals surface area contributed by atoms with Crippen LogP contribution in [-0.2, 0) is 11.3 Å². The standard InChI is InChI=1S/C11H13NO/c1-10(7-12)8-13-9-11-5-3-2-4-6-11/h2-6,10H,8-9H2,1H3. The second-order valence-electron chi connectivity index (χ2n) is 3.03. The second kappa shape index (κ2) is 5.34. The van der Waals surface area contributed by atoms with Crippen molar-refractivity contribution < 1.29 is 4.74 Å². The van der Waals surface area contributed by atoms with E-state index < -0.39 is 0 Å². The summed E-state index contributed by atoms with van der Waals surface area (Å²) in [6, 6.07) is 12.1. The fourth-order valence-corrected chi connectivity index (χ4v) is 0.965. The third kappa shape index (κ3) is 3.73. The number of hydrogen-bond acceptors (Lipinski definition) is 2. The van der Waals surface area contributed by atoms with Crippen molar-refractivity contribution in [1.82, 2.24) is 0 Å². The molecule has 0 saturated heterocycles. The molecule has 2 nitrogen and oxygen atoms in total. The molecule has 1 unspecified atom stereocenters. The van der Waals surface area contributed by atoms with Gasteiger partial charge in [0.05, 0.1) is 25.2 Å². The molecule has 0 aliphatic rings. The van der Waals surface area contributed by atoms with Gasteiger partial charge in [0.25, 0.3) is 0 Å². The van der Waals surface area contributed by atoms with Gasteiger partial charge in [-0.05, 0) is 12.5 Å². The van der Waals surface area contributed by atoms with Crippen LogP contribution in [0.3, 0.4) is 0 Å². The predicted octanol–water partition coefficient (Wildman–Crippen LogP) is 2.36. The molecule has 0 saturated carbocycles. The number of ether oxygens (including phenoxy) is 1. The highest BCUT2D eigenvalue weighted by molar-refractivity contribution is 5.13. The lowest BCUT2D eigenvalue weighted by Gasteiger charge is -2.04.